The molecule has 2 amide bonds. The minimum atomic E-state index is -0.506. The summed E-state index contributed by atoms with van der Waals surface area (Å²) in [4.78, 5) is 27.4. The number of rotatable bonds is 7. The first-order chi connectivity index (χ1) is 14.0. The van der Waals surface area contributed by atoms with Gasteiger partial charge in [-0.1, -0.05) is 32.0 Å². The van der Waals surface area contributed by atoms with Crippen LogP contribution in [0.1, 0.15) is 26.7 Å². The summed E-state index contributed by atoms with van der Waals surface area (Å²) in [5.41, 5.74) is 2.92. The molecule has 1 saturated carbocycles. The van der Waals surface area contributed by atoms with Crippen LogP contribution in [0.2, 0.25) is 0 Å². The summed E-state index contributed by atoms with van der Waals surface area (Å²) >= 11 is 0. The lowest BCUT2D eigenvalue weighted by Gasteiger charge is -2.42. The predicted octanol–water partition coefficient (Wildman–Crippen LogP) is 1.37. The van der Waals surface area contributed by atoms with Crippen molar-refractivity contribution in [2.24, 2.45) is 11.8 Å². The number of hydrogen-bond donors (Lipinski definition) is 3. The number of para-hydroxylation sites is 1. The first kappa shape index (κ1) is 19.6. The summed E-state index contributed by atoms with van der Waals surface area (Å²) in [7, 11) is 0. The Labute approximate surface area is 170 Å². The van der Waals surface area contributed by atoms with Gasteiger partial charge in [0.25, 0.3) is 11.8 Å². The smallest absolute Gasteiger partial charge is 0.280 e. The highest BCUT2D eigenvalue weighted by Crippen LogP contribution is 2.32. The van der Waals surface area contributed by atoms with Gasteiger partial charge in [-0.25, -0.2) is 5.43 Å². The van der Waals surface area contributed by atoms with E-state index in [-0.39, 0.29) is 29.3 Å². The molecule has 1 aromatic rings. The number of carbonyl (C=O) groups excluding carboxylic acids is 2. The van der Waals surface area contributed by atoms with Gasteiger partial charge < -0.3 is 20.1 Å². The number of amides is 2. The molecule has 2 aliphatic heterocycles. The molecule has 2 atom stereocenters. The third-order valence-electron chi connectivity index (χ3n) is 5.37. The second-order valence-corrected chi connectivity index (χ2v) is 8.33. The van der Waals surface area contributed by atoms with Gasteiger partial charge in [0.15, 0.2) is 5.57 Å². The van der Waals surface area contributed by atoms with Crippen molar-refractivity contribution in [3.05, 3.63) is 41.8 Å². The predicted molar refractivity (Wildman–Crippen MR) is 106 cm³/mol. The number of hydrogen-bond acceptors (Lipinski definition) is 6. The number of hydrazine groups is 1. The molecule has 156 valence electrons. The second kappa shape index (κ2) is 7.94. The van der Waals surface area contributed by atoms with Gasteiger partial charge in [-0.3, -0.25) is 14.6 Å². The van der Waals surface area contributed by atoms with Crippen LogP contribution in [-0.2, 0) is 9.59 Å². The van der Waals surface area contributed by atoms with Crippen LogP contribution in [0, 0.1) is 11.8 Å². The number of benzene rings is 1. The van der Waals surface area contributed by atoms with Gasteiger partial charge in [0, 0.05) is 25.0 Å². The zero-order valence-corrected chi connectivity index (χ0v) is 16.8. The Morgan fingerprint density at radius 2 is 2.03 bits per heavy atom. The monoisotopic (exact) mass is 400 g/mol. The molecule has 3 N–H and O–H groups in total. The lowest BCUT2D eigenvalue weighted by molar-refractivity contribution is -0.142. The molecule has 4 rings (SSSR count). The van der Waals surface area contributed by atoms with Crippen LogP contribution < -0.4 is 15.5 Å². The van der Waals surface area contributed by atoms with Crippen LogP contribution >= 0.6 is 0 Å². The van der Waals surface area contributed by atoms with Crippen molar-refractivity contribution in [2.45, 2.75) is 38.9 Å². The Morgan fingerprint density at radius 1 is 1.31 bits per heavy atom. The number of ether oxygens (including phenoxy) is 1. The Balaban J connectivity index is 1.57. The van der Waals surface area contributed by atoms with Crippen molar-refractivity contribution in [3.8, 4) is 5.75 Å². The molecule has 0 spiro atoms. The van der Waals surface area contributed by atoms with E-state index in [1.54, 1.807) is 4.90 Å². The fourth-order valence-corrected chi connectivity index (χ4v) is 3.83. The van der Waals surface area contributed by atoms with Gasteiger partial charge in [-0.2, -0.15) is 0 Å². The number of aliphatic hydroxyl groups excluding tert-OH is 1. The van der Waals surface area contributed by atoms with E-state index in [2.05, 4.69) is 10.7 Å². The van der Waals surface area contributed by atoms with Gasteiger partial charge in [-0.15, -0.1) is 0 Å². The van der Waals surface area contributed by atoms with Crippen LogP contribution in [0.15, 0.2) is 41.8 Å². The maximum absolute atomic E-state index is 13.0. The van der Waals surface area contributed by atoms with E-state index in [9.17, 15) is 14.7 Å². The first-order valence-corrected chi connectivity index (χ1v) is 10.2. The Kier molecular flexibility index (Phi) is 5.36. The quantitative estimate of drug-likeness (QED) is 0.599. The minimum Gasteiger partial charge on any atom is -0.494 e. The van der Waals surface area contributed by atoms with E-state index >= 15 is 0 Å². The Hall–Kier alpha value is -2.74. The van der Waals surface area contributed by atoms with Gasteiger partial charge >= 0.3 is 0 Å². The molecule has 8 heteroatoms. The van der Waals surface area contributed by atoms with Gasteiger partial charge in [0.05, 0.1) is 6.61 Å². The normalized spacial score (nSPS) is 24.2. The molecule has 2 fully saturated rings. The number of carbonyl (C=O) groups is 2. The van der Waals surface area contributed by atoms with E-state index in [4.69, 9.17) is 4.74 Å². The summed E-state index contributed by atoms with van der Waals surface area (Å²) in [6.45, 7) is 5.50. The van der Waals surface area contributed by atoms with Crippen molar-refractivity contribution in [1.82, 2.24) is 20.7 Å². The third-order valence-corrected chi connectivity index (χ3v) is 5.37. The second-order valence-electron chi connectivity index (χ2n) is 8.33. The molecule has 1 aromatic carbocycles. The molecule has 0 bridgehead atoms. The molecule has 3 aliphatic rings. The summed E-state index contributed by atoms with van der Waals surface area (Å²) in [6.07, 6.45) is 1.41. The maximum atomic E-state index is 13.0. The molecule has 0 radical (unpaired) electrons. The molecule has 1 aliphatic carbocycles. The summed E-state index contributed by atoms with van der Waals surface area (Å²) in [5.74, 6) is -0.311. The number of nitrogens with zero attached hydrogens (tertiary/aromatic N) is 2. The van der Waals surface area contributed by atoms with Gasteiger partial charge in [-0.05, 0) is 30.9 Å². The van der Waals surface area contributed by atoms with Crippen LogP contribution in [-0.4, -0.2) is 58.7 Å². The third kappa shape index (κ3) is 4.03. The van der Waals surface area contributed by atoms with Crippen LogP contribution in [0.3, 0.4) is 0 Å². The molecular weight excluding hydrogens is 372 g/mol. The SMILES string of the molecule is CC(C)CN1C(O)=C(C(=O)NC2CC2)C(=O)N2NCC(COc3ccccc3)C12. The first-order valence-electron chi connectivity index (χ1n) is 10.2. The molecule has 0 aromatic heterocycles. The zero-order valence-electron chi connectivity index (χ0n) is 16.8. The van der Waals surface area contributed by atoms with Gasteiger partial charge in [0.2, 0.25) is 5.88 Å². The summed E-state index contributed by atoms with van der Waals surface area (Å²) in [5, 5.41) is 15.2. The lowest BCUT2D eigenvalue weighted by atomic mass is 10.0. The number of fused-ring (bicyclic) bond motifs is 1. The minimum absolute atomic E-state index is 0.0619. The van der Waals surface area contributed by atoms with Crippen LogP contribution in [0.4, 0.5) is 0 Å². The van der Waals surface area contributed by atoms with E-state index in [1.165, 1.54) is 5.01 Å². The van der Waals surface area contributed by atoms with E-state index in [1.807, 2.05) is 44.2 Å². The largest absolute Gasteiger partial charge is 0.494 e. The van der Waals surface area contributed by atoms with Gasteiger partial charge in [0.1, 0.15) is 11.9 Å². The highest BCUT2D eigenvalue weighted by Gasteiger charge is 2.50. The van der Waals surface area contributed by atoms with E-state index in [0.717, 1.165) is 18.6 Å². The van der Waals surface area contributed by atoms with Crippen LogP contribution in [0.25, 0.3) is 0 Å². The fraction of sp³-hybridized carbons (Fsp3) is 0.524. The molecule has 2 unspecified atom stereocenters. The molecule has 29 heavy (non-hydrogen) atoms. The standard InChI is InChI=1S/C21H28N4O4/c1-13(2)11-24-19-14(12-29-16-6-4-3-5-7-16)10-22-25(19)21(28)17(20(24)27)18(26)23-15-8-9-15/h3-7,13-15,19,22,27H,8-12H2,1-2H3,(H,23,26). The summed E-state index contributed by atoms with van der Waals surface area (Å²) < 4.78 is 5.92. The lowest BCUT2D eigenvalue weighted by Crippen LogP contribution is -2.59. The van der Waals surface area contributed by atoms with Crippen molar-refractivity contribution in [1.29, 1.82) is 0 Å². The van der Waals surface area contributed by atoms with Crippen molar-refractivity contribution < 1.29 is 19.4 Å². The maximum Gasteiger partial charge on any atom is 0.280 e. The number of aliphatic hydroxyl groups is 1. The van der Waals surface area contributed by atoms with E-state index < -0.39 is 18.0 Å². The zero-order chi connectivity index (χ0) is 20.5. The Morgan fingerprint density at radius 3 is 2.69 bits per heavy atom. The average molecular weight is 400 g/mol. The van der Waals surface area contributed by atoms with Crippen LogP contribution in [0.5, 0.6) is 5.75 Å². The highest BCUT2D eigenvalue weighted by molar-refractivity contribution is 6.19. The van der Waals surface area contributed by atoms with Crippen molar-refractivity contribution >= 4 is 11.8 Å². The molecule has 1 saturated heterocycles. The van der Waals surface area contributed by atoms with Crippen molar-refractivity contribution in [2.75, 3.05) is 19.7 Å². The molecular formula is C21H28N4O4. The molecule has 2 heterocycles. The molecule has 8 nitrogen and oxygen atoms in total. The number of nitrogens with one attached hydrogen (secondary N) is 2. The summed E-state index contributed by atoms with van der Waals surface area (Å²) in [6, 6.07) is 9.61. The Bertz CT molecular complexity index is 806. The average Bonchev–Trinajstić information content (AvgIpc) is 3.40. The topological polar surface area (TPSA) is 94.1 Å². The highest BCUT2D eigenvalue weighted by atomic mass is 16.5. The van der Waals surface area contributed by atoms with E-state index in [0.29, 0.717) is 19.7 Å². The van der Waals surface area contributed by atoms with Crippen molar-refractivity contribution in [3.63, 3.8) is 0 Å². The fourth-order valence-electron chi connectivity index (χ4n) is 3.83.